The third-order valence-electron chi connectivity index (χ3n) is 5.66. The van der Waals surface area contributed by atoms with E-state index < -0.39 is 0 Å². The van der Waals surface area contributed by atoms with Gasteiger partial charge in [0, 0.05) is 24.7 Å². The molecule has 3 aromatic heterocycles. The molecule has 2 amide bonds. The van der Waals surface area contributed by atoms with Crippen molar-refractivity contribution in [3.8, 4) is 11.5 Å². The Morgan fingerprint density at radius 3 is 2.79 bits per heavy atom. The first kappa shape index (κ1) is 21.2. The number of furan rings is 1. The summed E-state index contributed by atoms with van der Waals surface area (Å²) in [6, 6.07) is 10.5. The Morgan fingerprint density at radius 2 is 2.09 bits per heavy atom. The van der Waals surface area contributed by atoms with Crippen LogP contribution in [0.1, 0.15) is 43.1 Å². The van der Waals surface area contributed by atoms with Gasteiger partial charge in [-0.15, -0.1) is 0 Å². The van der Waals surface area contributed by atoms with E-state index in [-0.39, 0.29) is 17.9 Å². The number of carbonyl (C=O) groups excluding carboxylic acids is 2. The van der Waals surface area contributed by atoms with Gasteiger partial charge in [-0.25, -0.2) is 9.67 Å². The van der Waals surface area contributed by atoms with Gasteiger partial charge in [-0.3, -0.25) is 9.59 Å². The van der Waals surface area contributed by atoms with Crippen molar-refractivity contribution in [2.45, 2.75) is 32.7 Å². The molecule has 9 heteroatoms. The highest BCUT2D eigenvalue weighted by Gasteiger charge is 2.24. The topological polar surface area (TPSA) is 93.3 Å². The Hall–Kier alpha value is -3.65. The average Bonchev–Trinajstić information content (AvgIpc) is 3.55. The summed E-state index contributed by atoms with van der Waals surface area (Å²) in [5.74, 6) is 0.259. The lowest BCUT2D eigenvalue weighted by molar-refractivity contribution is -0.117. The van der Waals surface area contributed by atoms with Crippen LogP contribution in [0.3, 0.4) is 0 Å². The molecule has 0 bridgehead atoms. The first-order valence-electron chi connectivity index (χ1n) is 10.8. The van der Waals surface area contributed by atoms with Crippen molar-refractivity contribution in [1.82, 2.24) is 14.8 Å². The molecule has 4 heterocycles. The highest BCUT2D eigenvalue weighted by Crippen LogP contribution is 2.32. The number of rotatable bonds is 5. The van der Waals surface area contributed by atoms with Gasteiger partial charge in [-0.2, -0.15) is 5.10 Å². The lowest BCUT2D eigenvalue weighted by Gasteiger charge is -2.18. The van der Waals surface area contributed by atoms with Gasteiger partial charge >= 0.3 is 0 Å². The van der Waals surface area contributed by atoms with E-state index >= 15 is 0 Å². The van der Waals surface area contributed by atoms with Crippen LogP contribution in [0, 0.1) is 0 Å². The molecule has 0 atom stereocenters. The normalized spacial score (nSPS) is 13.9. The van der Waals surface area contributed by atoms with Gasteiger partial charge in [0.1, 0.15) is 5.69 Å². The Labute approximate surface area is 195 Å². The van der Waals surface area contributed by atoms with Crippen LogP contribution in [0.25, 0.3) is 22.5 Å². The van der Waals surface area contributed by atoms with Crippen LogP contribution >= 0.6 is 11.6 Å². The fraction of sp³-hybridized carbons (Fsp3) is 0.250. The molecular formula is C24H22ClN5O3. The summed E-state index contributed by atoms with van der Waals surface area (Å²) >= 11 is 6.39. The van der Waals surface area contributed by atoms with Crippen LogP contribution < -0.4 is 10.2 Å². The van der Waals surface area contributed by atoms with Crippen LogP contribution in [-0.2, 0) is 4.79 Å². The second-order valence-electron chi connectivity index (χ2n) is 8.22. The number of anilines is 2. The van der Waals surface area contributed by atoms with Gasteiger partial charge in [-0.1, -0.05) is 11.6 Å². The van der Waals surface area contributed by atoms with Gasteiger partial charge in [0.05, 0.1) is 34.1 Å². The summed E-state index contributed by atoms with van der Waals surface area (Å²) < 4.78 is 7.29. The zero-order valence-corrected chi connectivity index (χ0v) is 19.0. The van der Waals surface area contributed by atoms with E-state index in [2.05, 4.69) is 10.4 Å². The van der Waals surface area contributed by atoms with Gasteiger partial charge in [-0.05, 0) is 56.7 Å². The highest BCUT2D eigenvalue weighted by atomic mass is 35.5. The number of nitrogens with one attached hydrogen (secondary N) is 1. The Balaban J connectivity index is 1.56. The van der Waals surface area contributed by atoms with E-state index in [0.29, 0.717) is 57.4 Å². The quantitative estimate of drug-likeness (QED) is 0.433. The second-order valence-corrected chi connectivity index (χ2v) is 8.63. The molecule has 1 aliphatic rings. The molecule has 0 unspecified atom stereocenters. The van der Waals surface area contributed by atoms with Crippen LogP contribution in [-0.4, -0.2) is 33.1 Å². The molecule has 5 rings (SSSR count). The third kappa shape index (κ3) is 3.87. The first-order chi connectivity index (χ1) is 15.9. The number of fused-ring (bicyclic) bond motifs is 1. The molecule has 0 spiro atoms. The number of hydrogen-bond donors (Lipinski definition) is 1. The summed E-state index contributed by atoms with van der Waals surface area (Å²) in [5, 5.41) is 8.34. The Kier molecular flexibility index (Phi) is 5.38. The summed E-state index contributed by atoms with van der Waals surface area (Å²) in [7, 11) is 0. The van der Waals surface area contributed by atoms with Crippen molar-refractivity contribution >= 4 is 45.8 Å². The van der Waals surface area contributed by atoms with Gasteiger partial charge < -0.3 is 14.6 Å². The van der Waals surface area contributed by atoms with Crippen LogP contribution in [0.15, 0.2) is 53.3 Å². The fourth-order valence-corrected chi connectivity index (χ4v) is 4.19. The standard InChI is InChI=1S/C24H22ClN5O3/c1-14(2)30-23-17(13-26-30)16(12-20(27-23)21-5-4-10-33-21)24(32)28-19-11-15(7-8-18(19)25)29-9-3-6-22(29)31/h4-5,7-8,10-14H,3,6,9H2,1-2H3,(H,28,32). The number of amides is 2. The molecule has 168 valence electrons. The number of benzene rings is 1. The van der Waals surface area contributed by atoms with Crippen molar-refractivity contribution in [1.29, 1.82) is 0 Å². The van der Waals surface area contributed by atoms with Crippen molar-refractivity contribution in [2.24, 2.45) is 0 Å². The lowest BCUT2D eigenvalue weighted by atomic mass is 10.1. The highest BCUT2D eigenvalue weighted by molar-refractivity contribution is 6.34. The Bertz CT molecular complexity index is 1360. The van der Waals surface area contributed by atoms with Crippen molar-refractivity contribution in [3.63, 3.8) is 0 Å². The zero-order chi connectivity index (χ0) is 23.1. The number of carbonyl (C=O) groups is 2. The molecule has 0 saturated carbocycles. The monoisotopic (exact) mass is 463 g/mol. The largest absolute Gasteiger partial charge is 0.463 e. The van der Waals surface area contributed by atoms with Crippen LogP contribution in [0.2, 0.25) is 5.02 Å². The van der Waals surface area contributed by atoms with E-state index in [0.717, 1.165) is 6.42 Å². The van der Waals surface area contributed by atoms with E-state index in [1.54, 1.807) is 58.4 Å². The maximum atomic E-state index is 13.4. The maximum Gasteiger partial charge on any atom is 0.256 e. The third-order valence-corrected chi connectivity index (χ3v) is 5.99. The minimum absolute atomic E-state index is 0.0573. The van der Waals surface area contributed by atoms with Crippen LogP contribution in [0.4, 0.5) is 11.4 Å². The molecule has 1 fully saturated rings. The van der Waals surface area contributed by atoms with Gasteiger partial charge in [0.2, 0.25) is 5.91 Å². The molecule has 1 aromatic carbocycles. The molecular weight excluding hydrogens is 442 g/mol. The predicted octanol–water partition coefficient (Wildman–Crippen LogP) is 5.30. The number of halogens is 1. The molecule has 33 heavy (non-hydrogen) atoms. The maximum absolute atomic E-state index is 13.4. The van der Waals surface area contributed by atoms with Gasteiger partial charge in [0.15, 0.2) is 11.4 Å². The average molecular weight is 464 g/mol. The molecule has 4 aromatic rings. The minimum atomic E-state index is -0.356. The van der Waals surface area contributed by atoms with E-state index in [1.807, 2.05) is 13.8 Å². The lowest BCUT2D eigenvalue weighted by Crippen LogP contribution is -2.24. The summed E-state index contributed by atoms with van der Waals surface area (Å²) in [6.07, 6.45) is 4.54. The second kappa shape index (κ2) is 8.37. The SMILES string of the molecule is CC(C)n1ncc2c(C(=O)Nc3cc(N4CCCC4=O)ccc3Cl)cc(-c3ccco3)nc21. The Morgan fingerprint density at radius 1 is 1.24 bits per heavy atom. The van der Waals surface area contributed by atoms with E-state index in [4.69, 9.17) is 21.0 Å². The number of nitrogens with zero attached hydrogens (tertiary/aromatic N) is 4. The molecule has 0 aliphatic carbocycles. The smallest absolute Gasteiger partial charge is 0.256 e. The summed E-state index contributed by atoms with van der Waals surface area (Å²) in [4.78, 5) is 32.0. The summed E-state index contributed by atoms with van der Waals surface area (Å²) in [5.41, 5.74) is 2.66. The number of hydrogen-bond acceptors (Lipinski definition) is 5. The molecule has 8 nitrogen and oxygen atoms in total. The predicted molar refractivity (Wildman–Crippen MR) is 127 cm³/mol. The number of aromatic nitrogens is 3. The van der Waals surface area contributed by atoms with Crippen molar-refractivity contribution < 1.29 is 14.0 Å². The van der Waals surface area contributed by atoms with Gasteiger partial charge in [0.25, 0.3) is 5.91 Å². The molecule has 1 aliphatic heterocycles. The fourth-order valence-electron chi connectivity index (χ4n) is 4.02. The van der Waals surface area contributed by atoms with E-state index in [9.17, 15) is 9.59 Å². The van der Waals surface area contributed by atoms with E-state index in [1.165, 1.54) is 0 Å². The molecule has 1 N–H and O–H groups in total. The van der Waals surface area contributed by atoms with Crippen molar-refractivity contribution in [3.05, 3.63) is 59.4 Å². The summed E-state index contributed by atoms with van der Waals surface area (Å²) in [6.45, 7) is 4.65. The van der Waals surface area contributed by atoms with Crippen molar-refractivity contribution in [2.75, 3.05) is 16.8 Å². The zero-order valence-electron chi connectivity index (χ0n) is 18.2. The number of pyridine rings is 1. The first-order valence-corrected chi connectivity index (χ1v) is 11.1. The molecule has 0 radical (unpaired) electrons. The minimum Gasteiger partial charge on any atom is -0.463 e. The van der Waals surface area contributed by atoms with Crippen LogP contribution in [0.5, 0.6) is 0 Å². The molecule has 1 saturated heterocycles.